The van der Waals surface area contributed by atoms with Crippen LogP contribution in [0.3, 0.4) is 0 Å². The Bertz CT molecular complexity index is 780. The van der Waals surface area contributed by atoms with Gasteiger partial charge in [0.25, 0.3) is 5.91 Å². The average Bonchev–Trinajstić information content (AvgIpc) is 2.97. The molecule has 5 nitrogen and oxygen atoms in total. The Kier molecular flexibility index (Phi) is 7.52. The standard InChI is InChI=1S/C18H21N3O2S2.ClH/c1-2-21-9-8-13-14(10-21)25-18(16(13)17(19)23)20-15(22)11-24-12-6-4-3-5-7-12;/h3-7H,2,8-11H2,1H3,(H2,19,23)(H,20,22);1H. The number of nitrogens with two attached hydrogens (primary N) is 1. The molecule has 0 saturated heterocycles. The molecule has 3 rings (SSSR count). The normalized spacial score (nSPS) is 13.6. The molecule has 1 aromatic heterocycles. The first-order chi connectivity index (χ1) is 12.1. The van der Waals surface area contributed by atoms with Crippen LogP contribution in [0.25, 0.3) is 0 Å². The molecule has 0 bridgehead atoms. The first-order valence-corrected chi connectivity index (χ1v) is 10.0. The summed E-state index contributed by atoms with van der Waals surface area (Å²) in [5.41, 5.74) is 7.09. The Hall–Kier alpha value is -1.54. The number of benzene rings is 1. The summed E-state index contributed by atoms with van der Waals surface area (Å²) >= 11 is 2.94. The van der Waals surface area contributed by atoms with Crippen LogP contribution in [0.15, 0.2) is 35.2 Å². The summed E-state index contributed by atoms with van der Waals surface area (Å²) in [6.45, 7) is 4.82. The molecule has 0 saturated carbocycles. The van der Waals surface area contributed by atoms with E-state index < -0.39 is 5.91 Å². The van der Waals surface area contributed by atoms with Crippen LogP contribution < -0.4 is 11.1 Å². The lowest BCUT2D eigenvalue weighted by atomic mass is 10.0. The van der Waals surface area contributed by atoms with Crippen LogP contribution in [-0.2, 0) is 17.8 Å². The number of thioether (sulfide) groups is 1. The molecule has 0 fully saturated rings. The number of hydrogen-bond donors (Lipinski definition) is 2. The zero-order valence-electron chi connectivity index (χ0n) is 14.5. The number of hydrogen-bond acceptors (Lipinski definition) is 5. The Balaban J connectivity index is 0.00000243. The predicted octanol–water partition coefficient (Wildman–Crippen LogP) is 3.38. The molecule has 0 spiro atoms. The molecule has 1 aromatic carbocycles. The van der Waals surface area contributed by atoms with Crippen LogP contribution in [0.1, 0.15) is 27.7 Å². The summed E-state index contributed by atoms with van der Waals surface area (Å²) < 4.78 is 0. The lowest BCUT2D eigenvalue weighted by Crippen LogP contribution is -2.30. The quantitative estimate of drug-likeness (QED) is 0.714. The number of carbonyl (C=O) groups excluding carboxylic acids is 2. The average molecular weight is 412 g/mol. The van der Waals surface area contributed by atoms with Crippen molar-refractivity contribution < 1.29 is 9.59 Å². The minimum atomic E-state index is -0.464. The Morgan fingerprint density at radius 3 is 2.69 bits per heavy atom. The Labute approximate surface area is 167 Å². The number of nitrogens with zero attached hydrogens (tertiary/aromatic N) is 1. The number of amides is 2. The van der Waals surface area contributed by atoms with Crippen molar-refractivity contribution in [2.45, 2.75) is 24.8 Å². The second-order valence-corrected chi connectivity index (χ2v) is 7.99. The number of thiophene rings is 1. The van der Waals surface area contributed by atoms with Gasteiger partial charge in [0.05, 0.1) is 11.3 Å². The molecule has 2 aromatic rings. The van der Waals surface area contributed by atoms with Gasteiger partial charge in [0.15, 0.2) is 0 Å². The van der Waals surface area contributed by atoms with E-state index >= 15 is 0 Å². The highest BCUT2D eigenvalue weighted by Crippen LogP contribution is 2.37. The first kappa shape index (κ1) is 20.8. The van der Waals surface area contributed by atoms with Crippen molar-refractivity contribution in [2.24, 2.45) is 5.73 Å². The number of rotatable bonds is 6. The number of halogens is 1. The number of nitrogens with one attached hydrogen (secondary N) is 1. The highest BCUT2D eigenvalue weighted by Gasteiger charge is 2.27. The second-order valence-electron chi connectivity index (χ2n) is 5.84. The molecule has 1 aliphatic rings. The fourth-order valence-electron chi connectivity index (χ4n) is 2.90. The van der Waals surface area contributed by atoms with Crippen molar-refractivity contribution in [2.75, 3.05) is 24.2 Å². The third kappa shape index (κ3) is 4.79. The van der Waals surface area contributed by atoms with E-state index in [0.717, 1.165) is 41.4 Å². The maximum Gasteiger partial charge on any atom is 0.251 e. The van der Waals surface area contributed by atoms with Gasteiger partial charge in [-0.15, -0.1) is 35.5 Å². The molecule has 0 unspecified atom stereocenters. The number of carbonyl (C=O) groups is 2. The van der Waals surface area contributed by atoms with E-state index in [1.54, 1.807) is 0 Å². The van der Waals surface area contributed by atoms with Gasteiger partial charge in [0.1, 0.15) is 5.00 Å². The molecule has 2 heterocycles. The van der Waals surface area contributed by atoms with E-state index in [1.807, 2.05) is 30.3 Å². The Morgan fingerprint density at radius 1 is 1.31 bits per heavy atom. The van der Waals surface area contributed by atoms with Gasteiger partial charge in [0, 0.05) is 22.9 Å². The SMILES string of the molecule is CCN1CCc2c(sc(NC(=O)CSc3ccccc3)c2C(N)=O)C1.Cl. The third-order valence-corrected chi connectivity index (χ3v) is 6.34. The molecular weight excluding hydrogens is 390 g/mol. The minimum absolute atomic E-state index is 0. The molecular formula is C18H22ClN3O2S2. The lowest BCUT2D eigenvalue weighted by molar-refractivity contribution is -0.113. The Morgan fingerprint density at radius 2 is 2.04 bits per heavy atom. The fraction of sp³-hybridized carbons (Fsp3) is 0.333. The molecule has 2 amide bonds. The highest BCUT2D eigenvalue weighted by atomic mass is 35.5. The van der Waals surface area contributed by atoms with Gasteiger partial charge in [-0.25, -0.2) is 0 Å². The van der Waals surface area contributed by atoms with Gasteiger partial charge in [-0.3, -0.25) is 14.5 Å². The van der Waals surface area contributed by atoms with Crippen molar-refractivity contribution in [1.29, 1.82) is 0 Å². The summed E-state index contributed by atoms with van der Waals surface area (Å²) in [4.78, 5) is 28.7. The molecule has 3 N–H and O–H groups in total. The molecule has 0 aliphatic carbocycles. The molecule has 0 radical (unpaired) electrons. The first-order valence-electron chi connectivity index (χ1n) is 8.23. The van der Waals surface area contributed by atoms with Gasteiger partial charge in [-0.2, -0.15) is 0 Å². The third-order valence-electron chi connectivity index (χ3n) is 4.20. The van der Waals surface area contributed by atoms with Crippen LogP contribution in [0, 0.1) is 0 Å². The van der Waals surface area contributed by atoms with Crippen molar-refractivity contribution in [1.82, 2.24) is 4.90 Å². The number of anilines is 1. The van der Waals surface area contributed by atoms with Crippen LogP contribution in [0.2, 0.25) is 0 Å². The van der Waals surface area contributed by atoms with Crippen LogP contribution >= 0.6 is 35.5 Å². The maximum atomic E-state index is 12.3. The lowest BCUT2D eigenvalue weighted by Gasteiger charge is -2.25. The van der Waals surface area contributed by atoms with E-state index in [4.69, 9.17) is 5.73 Å². The molecule has 0 atom stereocenters. The van der Waals surface area contributed by atoms with Gasteiger partial charge in [-0.05, 0) is 30.7 Å². The van der Waals surface area contributed by atoms with Crippen LogP contribution in [-0.4, -0.2) is 35.6 Å². The van der Waals surface area contributed by atoms with E-state index in [0.29, 0.717) is 16.3 Å². The summed E-state index contributed by atoms with van der Waals surface area (Å²) in [5, 5.41) is 3.48. The largest absolute Gasteiger partial charge is 0.365 e. The molecule has 1 aliphatic heterocycles. The van der Waals surface area contributed by atoms with E-state index in [2.05, 4.69) is 17.1 Å². The molecule has 140 valence electrons. The number of primary amides is 1. The number of likely N-dealkylation sites (N-methyl/N-ethyl adjacent to an activating group) is 1. The smallest absolute Gasteiger partial charge is 0.251 e. The monoisotopic (exact) mass is 411 g/mol. The zero-order valence-corrected chi connectivity index (χ0v) is 16.9. The fourth-order valence-corrected chi connectivity index (χ4v) is 4.93. The topological polar surface area (TPSA) is 75.4 Å². The zero-order chi connectivity index (χ0) is 17.8. The van der Waals surface area contributed by atoms with Gasteiger partial charge in [-0.1, -0.05) is 25.1 Å². The summed E-state index contributed by atoms with van der Waals surface area (Å²) in [7, 11) is 0. The van der Waals surface area contributed by atoms with Crippen LogP contribution in [0.5, 0.6) is 0 Å². The molecule has 8 heteroatoms. The summed E-state index contributed by atoms with van der Waals surface area (Å²) in [6.07, 6.45) is 0.798. The summed E-state index contributed by atoms with van der Waals surface area (Å²) in [6, 6.07) is 9.77. The minimum Gasteiger partial charge on any atom is -0.365 e. The summed E-state index contributed by atoms with van der Waals surface area (Å²) in [5.74, 6) is -0.290. The number of fused-ring (bicyclic) bond motifs is 1. The van der Waals surface area contributed by atoms with Gasteiger partial charge < -0.3 is 11.1 Å². The molecule has 26 heavy (non-hydrogen) atoms. The van der Waals surface area contributed by atoms with E-state index in [9.17, 15) is 9.59 Å². The predicted molar refractivity (Wildman–Crippen MR) is 111 cm³/mol. The van der Waals surface area contributed by atoms with E-state index in [1.165, 1.54) is 23.1 Å². The van der Waals surface area contributed by atoms with Crippen molar-refractivity contribution in [3.05, 3.63) is 46.3 Å². The second kappa shape index (κ2) is 9.41. The maximum absolute atomic E-state index is 12.3. The highest BCUT2D eigenvalue weighted by molar-refractivity contribution is 8.00. The van der Waals surface area contributed by atoms with Gasteiger partial charge in [0.2, 0.25) is 5.91 Å². The van der Waals surface area contributed by atoms with Crippen molar-refractivity contribution >= 4 is 52.3 Å². The van der Waals surface area contributed by atoms with Crippen molar-refractivity contribution in [3.8, 4) is 0 Å². The van der Waals surface area contributed by atoms with E-state index in [-0.39, 0.29) is 18.3 Å². The van der Waals surface area contributed by atoms with Crippen LogP contribution in [0.4, 0.5) is 5.00 Å². The van der Waals surface area contributed by atoms with Crippen molar-refractivity contribution in [3.63, 3.8) is 0 Å². The van der Waals surface area contributed by atoms with Gasteiger partial charge >= 0.3 is 0 Å².